The lowest BCUT2D eigenvalue weighted by Gasteiger charge is -2.06. The van der Waals surface area contributed by atoms with Gasteiger partial charge in [0.1, 0.15) is 5.69 Å². The second kappa shape index (κ2) is 7.77. The highest BCUT2D eigenvalue weighted by Gasteiger charge is 2.16. The van der Waals surface area contributed by atoms with E-state index in [9.17, 15) is 4.79 Å². The van der Waals surface area contributed by atoms with Crippen molar-refractivity contribution in [2.24, 2.45) is 0 Å². The van der Waals surface area contributed by atoms with Crippen molar-refractivity contribution >= 4 is 23.2 Å². The van der Waals surface area contributed by atoms with Crippen molar-refractivity contribution in [3.63, 3.8) is 0 Å². The van der Waals surface area contributed by atoms with Gasteiger partial charge >= 0.3 is 0 Å². The van der Waals surface area contributed by atoms with E-state index in [4.69, 9.17) is 11.6 Å². The normalized spacial score (nSPS) is 11.1. The molecular formula is C19H18ClN7O. The molecule has 4 aromatic heterocycles. The van der Waals surface area contributed by atoms with E-state index in [0.29, 0.717) is 30.2 Å². The molecule has 0 radical (unpaired) electrons. The highest BCUT2D eigenvalue weighted by molar-refractivity contribution is 6.33. The zero-order valence-corrected chi connectivity index (χ0v) is 16.0. The van der Waals surface area contributed by atoms with Crippen LogP contribution in [0.5, 0.6) is 0 Å². The van der Waals surface area contributed by atoms with E-state index >= 15 is 0 Å². The number of carbonyl (C=O) groups is 1. The summed E-state index contributed by atoms with van der Waals surface area (Å²) in [6.45, 7) is 2.92. The molecule has 0 bridgehead atoms. The Hall–Kier alpha value is -3.26. The molecule has 4 rings (SSSR count). The topological polar surface area (TPSA) is 90.0 Å². The van der Waals surface area contributed by atoms with Crippen LogP contribution in [0.15, 0.2) is 49.1 Å². The minimum Gasteiger partial charge on any atom is -0.350 e. The molecule has 142 valence electrons. The second-order valence-corrected chi connectivity index (χ2v) is 6.56. The Morgan fingerprint density at radius 3 is 2.86 bits per heavy atom. The van der Waals surface area contributed by atoms with E-state index in [1.807, 2.05) is 37.4 Å². The molecular weight excluding hydrogens is 378 g/mol. The van der Waals surface area contributed by atoms with Gasteiger partial charge in [0.2, 0.25) is 0 Å². The minimum atomic E-state index is -0.244. The van der Waals surface area contributed by atoms with E-state index in [1.165, 1.54) is 6.20 Å². The summed E-state index contributed by atoms with van der Waals surface area (Å²) >= 11 is 6.06. The van der Waals surface area contributed by atoms with Gasteiger partial charge in [-0.05, 0) is 25.1 Å². The van der Waals surface area contributed by atoms with Gasteiger partial charge in [0.05, 0.1) is 22.6 Å². The van der Waals surface area contributed by atoms with Crippen LogP contribution in [-0.4, -0.2) is 41.8 Å². The van der Waals surface area contributed by atoms with Crippen LogP contribution in [0.1, 0.15) is 23.1 Å². The van der Waals surface area contributed by atoms with Crippen molar-refractivity contribution in [1.29, 1.82) is 0 Å². The first-order valence-electron chi connectivity index (χ1n) is 8.91. The lowest BCUT2D eigenvalue weighted by molar-refractivity contribution is 0.0943. The van der Waals surface area contributed by atoms with E-state index in [1.54, 1.807) is 21.6 Å². The number of amides is 1. The Morgan fingerprint density at radius 2 is 2.07 bits per heavy atom. The smallest absolute Gasteiger partial charge is 0.271 e. The lowest BCUT2D eigenvalue weighted by Crippen LogP contribution is -2.28. The predicted octanol–water partition coefficient (Wildman–Crippen LogP) is 2.63. The number of fused-ring (bicyclic) bond motifs is 1. The van der Waals surface area contributed by atoms with Crippen molar-refractivity contribution in [1.82, 2.24) is 34.7 Å². The van der Waals surface area contributed by atoms with Gasteiger partial charge < -0.3 is 5.32 Å². The quantitative estimate of drug-likeness (QED) is 0.542. The number of nitrogens with zero attached hydrogens (tertiary/aromatic N) is 6. The Balaban J connectivity index is 1.44. The van der Waals surface area contributed by atoms with Gasteiger partial charge in [0.15, 0.2) is 5.65 Å². The van der Waals surface area contributed by atoms with Gasteiger partial charge in [-0.1, -0.05) is 11.6 Å². The Kier molecular flexibility index (Phi) is 5.03. The van der Waals surface area contributed by atoms with Crippen LogP contribution in [-0.2, 0) is 13.0 Å². The first-order chi connectivity index (χ1) is 13.7. The molecule has 28 heavy (non-hydrogen) atoms. The standard InChI is InChI=1S/C19H18ClN7O/c1-2-26-18(15(20)12-23-26)19(28)22-9-5-14-11-17-24-16(6-10-27(17)25-14)13-3-7-21-8-4-13/h3-4,6-8,10-12H,2,5,9H2,1H3,(H,22,28). The molecule has 0 fully saturated rings. The number of hydrogen-bond acceptors (Lipinski definition) is 5. The van der Waals surface area contributed by atoms with Gasteiger partial charge in [-0.3, -0.25) is 14.5 Å². The van der Waals surface area contributed by atoms with Crippen LogP contribution >= 0.6 is 11.6 Å². The zero-order valence-electron chi connectivity index (χ0n) is 15.2. The zero-order chi connectivity index (χ0) is 19.5. The summed E-state index contributed by atoms with van der Waals surface area (Å²) < 4.78 is 3.30. The molecule has 0 aliphatic carbocycles. The number of rotatable bonds is 6. The molecule has 0 unspecified atom stereocenters. The van der Waals surface area contributed by atoms with Crippen molar-refractivity contribution in [2.75, 3.05) is 6.54 Å². The summed E-state index contributed by atoms with van der Waals surface area (Å²) in [6.07, 6.45) is 7.41. The summed E-state index contributed by atoms with van der Waals surface area (Å²) in [7, 11) is 0. The van der Waals surface area contributed by atoms with Gasteiger partial charge in [0, 0.05) is 49.7 Å². The van der Waals surface area contributed by atoms with Crippen LogP contribution in [0.25, 0.3) is 16.9 Å². The van der Waals surface area contributed by atoms with Gasteiger partial charge in [-0.15, -0.1) is 0 Å². The van der Waals surface area contributed by atoms with Crippen molar-refractivity contribution in [3.05, 3.63) is 65.5 Å². The maximum absolute atomic E-state index is 12.4. The molecule has 4 heterocycles. The molecule has 0 aliphatic rings. The average Bonchev–Trinajstić information content (AvgIpc) is 3.30. The van der Waals surface area contributed by atoms with Crippen molar-refractivity contribution in [3.8, 4) is 11.3 Å². The fraction of sp³-hybridized carbons (Fsp3) is 0.211. The SMILES string of the molecule is CCn1ncc(Cl)c1C(=O)NCCc1cc2nc(-c3ccncc3)ccn2n1. The van der Waals surface area contributed by atoms with Crippen LogP contribution < -0.4 is 5.32 Å². The highest BCUT2D eigenvalue weighted by Crippen LogP contribution is 2.17. The second-order valence-electron chi connectivity index (χ2n) is 6.15. The molecule has 0 spiro atoms. The third-order valence-electron chi connectivity index (χ3n) is 4.33. The number of aryl methyl sites for hydroxylation is 1. The highest BCUT2D eigenvalue weighted by atomic mass is 35.5. The number of nitrogens with one attached hydrogen (secondary N) is 1. The number of hydrogen-bond donors (Lipinski definition) is 1. The number of aromatic nitrogens is 6. The fourth-order valence-electron chi connectivity index (χ4n) is 2.95. The van der Waals surface area contributed by atoms with Gasteiger partial charge in [-0.25, -0.2) is 9.50 Å². The maximum atomic E-state index is 12.4. The van der Waals surface area contributed by atoms with Crippen LogP contribution in [0.3, 0.4) is 0 Å². The largest absolute Gasteiger partial charge is 0.350 e. The Bertz CT molecular complexity index is 1120. The van der Waals surface area contributed by atoms with Gasteiger partial charge in [0.25, 0.3) is 5.91 Å². The monoisotopic (exact) mass is 395 g/mol. The summed E-state index contributed by atoms with van der Waals surface area (Å²) in [6, 6.07) is 7.66. The van der Waals surface area contributed by atoms with E-state index in [0.717, 1.165) is 22.6 Å². The fourth-order valence-corrected chi connectivity index (χ4v) is 3.18. The van der Waals surface area contributed by atoms with Crippen molar-refractivity contribution < 1.29 is 4.79 Å². The summed E-state index contributed by atoms with van der Waals surface area (Å²) in [5.41, 5.74) is 3.83. The number of halogens is 1. The van der Waals surface area contributed by atoms with Crippen LogP contribution in [0, 0.1) is 0 Å². The third-order valence-corrected chi connectivity index (χ3v) is 4.60. The molecule has 0 aromatic carbocycles. The van der Waals surface area contributed by atoms with Crippen LogP contribution in [0.2, 0.25) is 5.02 Å². The summed E-state index contributed by atoms with van der Waals surface area (Å²) in [4.78, 5) is 21.0. The maximum Gasteiger partial charge on any atom is 0.271 e. The number of pyridine rings is 1. The number of carbonyl (C=O) groups excluding carboxylic acids is 1. The first-order valence-corrected chi connectivity index (χ1v) is 9.28. The van der Waals surface area contributed by atoms with Gasteiger partial charge in [-0.2, -0.15) is 10.2 Å². The summed E-state index contributed by atoms with van der Waals surface area (Å²) in [5, 5.41) is 11.8. The molecule has 0 atom stereocenters. The third kappa shape index (κ3) is 3.59. The molecule has 4 aromatic rings. The summed E-state index contributed by atoms with van der Waals surface area (Å²) in [5.74, 6) is -0.244. The molecule has 0 saturated heterocycles. The predicted molar refractivity (Wildman–Crippen MR) is 105 cm³/mol. The molecule has 1 amide bonds. The molecule has 9 heteroatoms. The Labute approximate surface area is 166 Å². The van der Waals surface area contributed by atoms with E-state index < -0.39 is 0 Å². The minimum absolute atomic E-state index is 0.244. The molecule has 1 N–H and O–H groups in total. The molecule has 0 saturated carbocycles. The van der Waals surface area contributed by atoms with E-state index in [-0.39, 0.29) is 5.91 Å². The lowest BCUT2D eigenvalue weighted by atomic mass is 10.2. The molecule has 0 aliphatic heterocycles. The first kappa shape index (κ1) is 18.1. The molecule has 8 nitrogen and oxygen atoms in total. The van der Waals surface area contributed by atoms with E-state index in [2.05, 4.69) is 25.5 Å². The van der Waals surface area contributed by atoms with Crippen molar-refractivity contribution in [2.45, 2.75) is 19.9 Å². The average molecular weight is 396 g/mol. The Morgan fingerprint density at radius 1 is 1.25 bits per heavy atom. The van der Waals surface area contributed by atoms with Crippen LogP contribution in [0.4, 0.5) is 0 Å².